The first-order valence-corrected chi connectivity index (χ1v) is 7.20. The fourth-order valence-corrected chi connectivity index (χ4v) is 2.34. The van der Waals surface area contributed by atoms with E-state index in [-0.39, 0.29) is 11.7 Å². The standard InChI is InChI=1S/C17H20FNO3/c1-10(2)16(17(20)21)19-9-13-5-7-15(22-13)14-6-4-12(18)8-11(14)3/h4-8,10,16,19H,9H2,1-3H3,(H,20,21)/t16-/m0/s1. The van der Waals surface area contributed by atoms with Gasteiger partial charge in [0.25, 0.3) is 0 Å². The Bertz CT molecular complexity index is 664. The predicted molar refractivity (Wildman–Crippen MR) is 81.9 cm³/mol. The highest BCUT2D eigenvalue weighted by molar-refractivity contribution is 5.73. The normalized spacial score (nSPS) is 12.6. The van der Waals surface area contributed by atoms with Gasteiger partial charge < -0.3 is 9.52 Å². The molecule has 0 aliphatic rings. The van der Waals surface area contributed by atoms with Crippen LogP contribution in [-0.2, 0) is 11.3 Å². The van der Waals surface area contributed by atoms with Crippen LogP contribution in [0.2, 0.25) is 0 Å². The Morgan fingerprint density at radius 2 is 2.05 bits per heavy atom. The van der Waals surface area contributed by atoms with Gasteiger partial charge in [0.2, 0.25) is 0 Å². The molecule has 0 bridgehead atoms. The Balaban J connectivity index is 2.10. The summed E-state index contributed by atoms with van der Waals surface area (Å²) in [5.74, 6) is 0.106. The molecule has 2 rings (SSSR count). The summed E-state index contributed by atoms with van der Waals surface area (Å²) in [5, 5.41) is 12.1. The largest absolute Gasteiger partial charge is 0.480 e. The van der Waals surface area contributed by atoms with Crippen LogP contribution in [0.1, 0.15) is 25.2 Å². The van der Waals surface area contributed by atoms with Crippen molar-refractivity contribution in [1.82, 2.24) is 5.32 Å². The van der Waals surface area contributed by atoms with Gasteiger partial charge in [0.15, 0.2) is 0 Å². The van der Waals surface area contributed by atoms with Gasteiger partial charge in [0, 0.05) is 5.56 Å². The van der Waals surface area contributed by atoms with E-state index >= 15 is 0 Å². The first-order chi connectivity index (χ1) is 10.4. The molecule has 0 aliphatic heterocycles. The van der Waals surface area contributed by atoms with E-state index in [2.05, 4.69) is 5.32 Å². The van der Waals surface area contributed by atoms with Crippen molar-refractivity contribution in [3.05, 3.63) is 47.5 Å². The van der Waals surface area contributed by atoms with Crippen molar-refractivity contribution in [1.29, 1.82) is 0 Å². The van der Waals surface area contributed by atoms with Gasteiger partial charge in [-0.15, -0.1) is 0 Å². The second-order valence-electron chi connectivity index (χ2n) is 5.67. The molecule has 0 spiro atoms. The van der Waals surface area contributed by atoms with Gasteiger partial charge in [-0.25, -0.2) is 4.39 Å². The summed E-state index contributed by atoms with van der Waals surface area (Å²) in [7, 11) is 0. The lowest BCUT2D eigenvalue weighted by Crippen LogP contribution is -2.40. The first kappa shape index (κ1) is 16.2. The Kier molecular flexibility index (Phi) is 4.98. The SMILES string of the molecule is Cc1cc(F)ccc1-c1ccc(CN[C@H](C(=O)O)C(C)C)o1. The molecule has 0 fully saturated rings. The van der Waals surface area contributed by atoms with Crippen LogP contribution < -0.4 is 5.32 Å². The number of hydrogen-bond acceptors (Lipinski definition) is 3. The fourth-order valence-electron chi connectivity index (χ4n) is 2.34. The monoisotopic (exact) mass is 305 g/mol. The average Bonchev–Trinajstić information content (AvgIpc) is 2.86. The van der Waals surface area contributed by atoms with E-state index in [9.17, 15) is 9.18 Å². The average molecular weight is 305 g/mol. The maximum atomic E-state index is 13.1. The van der Waals surface area contributed by atoms with Crippen LogP contribution in [-0.4, -0.2) is 17.1 Å². The zero-order chi connectivity index (χ0) is 16.3. The third-order valence-corrected chi connectivity index (χ3v) is 3.54. The second kappa shape index (κ2) is 6.75. The van der Waals surface area contributed by atoms with Crippen molar-refractivity contribution in [3.8, 4) is 11.3 Å². The minimum Gasteiger partial charge on any atom is -0.480 e. The van der Waals surface area contributed by atoms with E-state index in [0.717, 1.165) is 11.1 Å². The molecular formula is C17H20FNO3. The quantitative estimate of drug-likeness (QED) is 0.856. The Hall–Kier alpha value is -2.14. The number of halogens is 1. The Morgan fingerprint density at radius 1 is 1.32 bits per heavy atom. The smallest absolute Gasteiger partial charge is 0.320 e. The zero-order valence-corrected chi connectivity index (χ0v) is 12.9. The van der Waals surface area contributed by atoms with Crippen LogP contribution in [0.4, 0.5) is 4.39 Å². The van der Waals surface area contributed by atoms with Gasteiger partial charge in [-0.1, -0.05) is 13.8 Å². The zero-order valence-electron chi connectivity index (χ0n) is 12.9. The van der Waals surface area contributed by atoms with Crippen LogP contribution in [0.15, 0.2) is 34.7 Å². The molecule has 118 valence electrons. The molecule has 0 saturated carbocycles. The number of aliphatic carboxylic acids is 1. The summed E-state index contributed by atoms with van der Waals surface area (Å²) in [6, 6.07) is 7.50. The molecule has 0 saturated heterocycles. The van der Waals surface area contributed by atoms with Crippen molar-refractivity contribution in [2.75, 3.05) is 0 Å². The lowest BCUT2D eigenvalue weighted by molar-refractivity contribution is -0.140. The second-order valence-corrected chi connectivity index (χ2v) is 5.67. The summed E-state index contributed by atoms with van der Waals surface area (Å²) in [6.07, 6.45) is 0. The summed E-state index contributed by atoms with van der Waals surface area (Å²) < 4.78 is 18.9. The molecule has 1 atom stereocenters. The Morgan fingerprint density at radius 3 is 2.64 bits per heavy atom. The molecule has 22 heavy (non-hydrogen) atoms. The van der Waals surface area contributed by atoms with Crippen LogP contribution in [0.5, 0.6) is 0 Å². The van der Waals surface area contributed by atoms with Gasteiger partial charge in [-0.3, -0.25) is 10.1 Å². The van der Waals surface area contributed by atoms with E-state index in [1.165, 1.54) is 12.1 Å². The molecule has 0 radical (unpaired) electrons. The maximum Gasteiger partial charge on any atom is 0.320 e. The van der Waals surface area contributed by atoms with E-state index < -0.39 is 12.0 Å². The lowest BCUT2D eigenvalue weighted by atomic mass is 10.1. The number of carboxylic acids is 1. The Labute approximate surface area is 129 Å². The molecular weight excluding hydrogens is 285 g/mol. The summed E-state index contributed by atoms with van der Waals surface area (Å²) >= 11 is 0. The number of carbonyl (C=O) groups is 1. The van der Waals surface area contributed by atoms with E-state index in [4.69, 9.17) is 9.52 Å². The maximum absolute atomic E-state index is 13.1. The number of aryl methyl sites for hydroxylation is 1. The predicted octanol–water partition coefficient (Wildman–Crippen LogP) is 3.59. The topological polar surface area (TPSA) is 62.5 Å². The van der Waals surface area contributed by atoms with Gasteiger partial charge in [0.05, 0.1) is 6.54 Å². The molecule has 5 heteroatoms. The molecule has 0 unspecified atom stereocenters. The molecule has 1 aromatic carbocycles. The lowest BCUT2D eigenvalue weighted by Gasteiger charge is -2.16. The number of benzene rings is 1. The molecule has 1 heterocycles. The summed E-state index contributed by atoms with van der Waals surface area (Å²) in [6.45, 7) is 5.84. The summed E-state index contributed by atoms with van der Waals surface area (Å²) in [5.41, 5.74) is 1.62. The highest BCUT2D eigenvalue weighted by Gasteiger charge is 2.21. The van der Waals surface area contributed by atoms with Crippen LogP contribution in [0.25, 0.3) is 11.3 Å². The highest BCUT2D eigenvalue weighted by Crippen LogP contribution is 2.26. The van der Waals surface area contributed by atoms with Crippen molar-refractivity contribution in [2.45, 2.75) is 33.4 Å². The molecule has 0 amide bonds. The molecule has 0 aliphatic carbocycles. The molecule has 1 aromatic heterocycles. The minimum atomic E-state index is -0.879. The van der Waals surface area contributed by atoms with Gasteiger partial charge >= 0.3 is 5.97 Å². The molecule has 2 N–H and O–H groups in total. The van der Waals surface area contributed by atoms with Crippen molar-refractivity contribution >= 4 is 5.97 Å². The number of rotatable bonds is 6. The minimum absolute atomic E-state index is 0.0220. The third kappa shape index (κ3) is 3.74. The highest BCUT2D eigenvalue weighted by atomic mass is 19.1. The van der Waals surface area contributed by atoms with Gasteiger partial charge in [-0.2, -0.15) is 0 Å². The van der Waals surface area contributed by atoms with Gasteiger partial charge in [0.1, 0.15) is 23.4 Å². The van der Waals surface area contributed by atoms with Crippen LogP contribution >= 0.6 is 0 Å². The molecule has 4 nitrogen and oxygen atoms in total. The number of furan rings is 1. The van der Waals surface area contributed by atoms with Gasteiger partial charge in [-0.05, 0) is 48.7 Å². The van der Waals surface area contributed by atoms with Crippen LogP contribution in [0.3, 0.4) is 0 Å². The van der Waals surface area contributed by atoms with Crippen molar-refractivity contribution in [2.24, 2.45) is 5.92 Å². The number of hydrogen-bond donors (Lipinski definition) is 2. The number of nitrogens with one attached hydrogen (secondary N) is 1. The first-order valence-electron chi connectivity index (χ1n) is 7.20. The van der Waals surface area contributed by atoms with E-state index in [1.807, 2.05) is 26.8 Å². The van der Waals surface area contributed by atoms with Crippen LogP contribution in [0, 0.1) is 18.7 Å². The third-order valence-electron chi connectivity index (χ3n) is 3.54. The van der Waals surface area contributed by atoms with E-state index in [0.29, 0.717) is 18.1 Å². The van der Waals surface area contributed by atoms with E-state index in [1.54, 1.807) is 12.1 Å². The summed E-state index contributed by atoms with van der Waals surface area (Å²) in [4.78, 5) is 11.1. The van der Waals surface area contributed by atoms with Crippen molar-refractivity contribution < 1.29 is 18.7 Å². The number of carboxylic acid groups (broad SMARTS) is 1. The molecule has 2 aromatic rings. The fraction of sp³-hybridized carbons (Fsp3) is 0.353. The van der Waals surface area contributed by atoms with Crippen molar-refractivity contribution in [3.63, 3.8) is 0 Å².